The van der Waals surface area contributed by atoms with Crippen molar-refractivity contribution < 1.29 is 9.47 Å². The number of allylic oxidation sites excluding steroid dienone is 6. The van der Waals surface area contributed by atoms with Crippen LogP contribution in [0.4, 0.5) is 0 Å². The maximum Gasteiger partial charge on any atom is 0.125 e. The first kappa shape index (κ1) is 31.4. The van der Waals surface area contributed by atoms with Gasteiger partial charge in [-0.05, 0) is 123 Å². The number of rotatable bonds is 15. The van der Waals surface area contributed by atoms with Crippen molar-refractivity contribution in [2.45, 2.75) is 118 Å². The Labute approximate surface area is 221 Å². The van der Waals surface area contributed by atoms with E-state index in [-0.39, 0.29) is 4.87 Å². The summed E-state index contributed by atoms with van der Waals surface area (Å²) in [5, 5.41) is 0. The standard InChI is InChI=1S/C32H51ClO2/c1-11-28(18-12-15-23(2)3)19-13-16-24(4)17-14-21-32(8,33)22-20-29-27(7)30(34-9)25(5)26(6)31(29)35-10/h15,17,19H,11-14,16,18,20-22H2,1-10H3/b24-17+,28-19+. The molecule has 1 atom stereocenters. The van der Waals surface area contributed by atoms with Crippen LogP contribution in [0.2, 0.25) is 0 Å². The van der Waals surface area contributed by atoms with Crippen molar-refractivity contribution in [3.8, 4) is 11.5 Å². The van der Waals surface area contributed by atoms with Gasteiger partial charge < -0.3 is 9.47 Å². The van der Waals surface area contributed by atoms with Gasteiger partial charge in [0.2, 0.25) is 0 Å². The molecule has 0 aliphatic heterocycles. The maximum atomic E-state index is 6.98. The number of hydrogen-bond acceptors (Lipinski definition) is 2. The van der Waals surface area contributed by atoms with Gasteiger partial charge in [-0.1, -0.05) is 41.9 Å². The van der Waals surface area contributed by atoms with Gasteiger partial charge in [0.15, 0.2) is 0 Å². The van der Waals surface area contributed by atoms with Gasteiger partial charge >= 0.3 is 0 Å². The predicted octanol–water partition coefficient (Wildman–Crippen LogP) is 10.1. The van der Waals surface area contributed by atoms with Gasteiger partial charge in [0.1, 0.15) is 11.5 Å². The lowest BCUT2D eigenvalue weighted by Crippen LogP contribution is -2.18. The third-order valence-corrected chi connectivity index (χ3v) is 7.60. The molecule has 0 aliphatic rings. The highest BCUT2D eigenvalue weighted by molar-refractivity contribution is 6.23. The summed E-state index contributed by atoms with van der Waals surface area (Å²) in [6.07, 6.45) is 16.7. The maximum absolute atomic E-state index is 6.98. The van der Waals surface area contributed by atoms with Crippen LogP contribution in [0, 0.1) is 20.8 Å². The van der Waals surface area contributed by atoms with Crippen molar-refractivity contribution in [3.05, 3.63) is 57.2 Å². The second kappa shape index (κ2) is 15.4. The normalized spacial score (nSPS) is 14.0. The Kier molecular flexibility index (Phi) is 13.8. The Bertz CT molecular complexity index is 899. The van der Waals surface area contributed by atoms with Gasteiger partial charge in [-0.3, -0.25) is 0 Å². The number of halogens is 1. The molecule has 0 spiro atoms. The molecule has 3 heteroatoms. The lowest BCUT2D eigenvalue weighted by atomic mass is 9.90. The van der Waals surface area contributed by atoms with E-state index in [0.717, 1.165) is 79.6 Å². The molecule has 1 unspecified atom stereocenters. The number of methoxy groups -OCH3 is 2. The van der Waals surface area contributed by atoms with Crippen LogP contribution in [0.5, 0.6) is 11.5 Å². The molecule has 0 N–H and O–H groups in total. The van der Waals surface area contributed by atoms with Gasteiger partial charge in [0.25, 0.3) is 0 Å². The molecule has 0 heterocycles. The van der Waals surface area contributed by atoms with E-state index in [1.807, 2.05) is 0 Å². The van der Waals surface area contributed by atoms with Crippen molar-refractivity contribution >= 4 is 11.6 Å². The molecule has 0 saturated carbocycles. The molecular formula is C32H51ClO2. The summed E-state index contributed by atoms with van der Waals surface area (Å²) in [5.41, 5.74) is 9.13. The van der Waals surface area contributed by atoms with Crippen molar-refractivity contribution in [2.75, 3.05) is 14.2 Å². The van der Waals surface area contributed by atoms with E-state index in [1.54, 1.807) is 19.8 Å². The number of hydrogen-bond donors (Lipinski definition) is 0. The largest absolute Gasteiger partial charge is 0.496 e. The fourth-order valence-corrected chi connectivity index (χ4v) is 4.95. The molecule has 1 aromatic carbocycles. The highest BCUT2D eigenvalue weighted by atomic mass is 35.5. The first-order chi connectivity index (χ1) is 16.5. The Morgan fingerprint density at radius 2 is 1.40 bits per heavy atom. The van der Waals surface area contributed by atoms with Crippen molar-refractivity contribution in [2.24, 2.45) is 0 Å². The Morgan fingerprint density at radius 1 is 0.800 bits per heavy atom. The summed E-state index contributed by atoms with van der Waals surface area (Å²) >= 11 is 6.98. The minimum absolute atomic E-state index is 0.250. The predicted molar refractivity (Wildman–Crippen MR) is 156 cm³/mol. The highest BCUT2D eigenvalue weighted by Gasteiger charge is 2.24. The van der Waals surface area contributed by atoms with E-state index < -0.39 is 0 Å². The molecular weight excluding hydrogens is 452 g/mol. The number of alkyl halides is 1. The lowest BCUT2D eigenvalue weighted by molar-refractivity contribution is 0.388. The van der Waals surface area contributed by atoms with Crippen LogP contribution in [-0.2, 0) is 6.42 Å². The zero-order valence-corrected chi connectivity index (χ0v) is 25.0. The van der Waals surface area contributed by atoms with Crippen LogP contribution in [0.3, 0.4) is 0 Å². The van der Waals surface area contributed by atoms with Crippen LogP contribution in [0.1, 0.15) is 108 Å². The third-order valence-electron chi connectivity index (χ3n) is 7.22. The monoisotopic (exact) mass is 502 g/mol. The molecule has 35 heavy (non-hydrogen) atoms. The van der Waals surface area contributed by atoms with Crippen LogP contribution < -0.4 is 9.47 Å². The Balaban J connectivity index is 2.66. The van der Waals surface area contributed by atoms with Crippen LogP contribution in [0.15, 0.2) is 34.9 Å². The van der Waals surface area contributed by atoms with E-state index in [0.29, 0.717) is 0 Å². The molecule has 1 aromatic rings. The van der Waals surface area contributed by atoms with Gasteiger partial charge in [0.05, 0.1) is 14.2 Å². The van der Waals surface area contributed by atoms with Crippen molar-refractivity contribution in [1.29, 1.82) is 0 Å². The smallest absolute Gasteiger partial charge is 0.125 e. The van der Waals surface area contributed by atoms with Crippen molar-refractivity contribution in [1.82, 2.24) is 0 Å². The summed E-state index contributed by atoms with van der Waals surface area (Å²) in [6, 6.07) is 0. The molecule has 0 amide bonds. The average molecular weight is 503 g/mol. The molecule has 0 fully saturated rings. The molecule has 0 radical (unpaired) electrons. The van der Waals surface area contributed by atoms with Crippen LogP contribution >= 0.6 is 11.6 Å². The van der Waals surface area contributed by atoms with E-state index in [1.165, 1.54) is 23.1 Å². The zero-order valence-electron chi connectivity index (χ0n) is 24.3. The van der Waals surface area contributed by atoms with Gasteiger partial charge in [0, 0.05) is 10.4 Å². The molecule has 198 valence electrons. The zero-order chi connectivity index (χ0) is 26.6. The minimum Gasteiger partial charge on any atom is -0.496 e. The fourth-order valence-electron chi connectivity index (χ4n) is 4.74. The number of ether oxygens (including phenoxy) is 2. The topological polar surface area (TPSA) is 18.5 Å². The van der Waals surface area contributed by atoms with E-state index in [4.69, 9.17) is 21.1 Å². The summed E-state index contributed by atoms with van der Waals surface area (Å²) in [4.78, 5) is -0.250. The molecule has 0 bridgehead atoms. The lowest BCUT2D eigenvalue weighted by Gasteiger charge is -2.25. The first-order valence-electron chi connectivity index (χ1n) is 13.3. The summed E-state index contributed by atoms with van der Waals surface area (Å²) in [6.45, 7) is 17.4. The van der Waals surface area contributed by atoms with Gasteiger partial charge in [-0.2, -0.15) is 0 Å². The Hall–Kier alpha value is -1.67. The highest BCUT2D eigenvalue weighted by Crippen LogP contribution is 2.39. The second-order valence-electron chi connectivity index (χ2n) is 10.5. The van der Waals surface area contributed by atoms with E-state index in [9.17, 15) is 0 Å². The molecule has 0 saturated heterocycles. The first-order valence-corrected chi connectivity index (χ1v) is 13.7. The number of benzene rings is 1. The van der Waals surface area contributed by atoms with Crippen molar-refractivity contribution in [3.63, 3.8) is 0 Å². The summed E-state index contributed by atoms with van der Waals surface area (Å²) in [7, 11) is 3.50. The van der Waals surface area contributed by atoms with Gasteiger partial charge in [-0.25, -0.2) is 0 Å². The van der Waals surface area contributed by atoms with E-state index in [2.05, 4.69) is 73.6 Å². The third kappa shape index (κ3) is 10.5. The minimum atomic E-state index is -0.250. The van der Waals surface area contributed by atoms with Gasteiger partial charge in [-0.15, -0.1) is 11.6 Å². The summed E-state index contributed by atoms with van der Waals surface area (Å²) in [5.74, 6) is 1.94. The van der Waals surface area contributed by atoms with Crippen LogP contribution in [0.25, 0.3) is 0 Å². The molecule has 1 rings (SSSR count). The van der Waals surface area contributed by atoms with E-state index >= 15 is 0 Å². The fraction of sp³-hybridized carbons (Fsp3) is 0.625. The molecule has 0 aromatic heterocycles. The second-order valence-corrected chi connectivity index (χ2v) is 11.4. The Morgan fingerprint density at radius 3 is 1.97 bits per heavy atom. The molecule has 0 aliphatic carbocycles. The molecule has 2 nitrogen and oxygen atoms in total. The summed E-state index contributed by atoms with van der Waals surface area (Å²) < 4.78 is 11.5. The van der Waals surface area contributed by atoms with Crippen LogP contribution in [-0.4, -0.2) is 19.1 Å². The SMILES string of the molecule is CC/C(=C\CC/C(C)=C/CCC(C)(Cl)CCc1c(C)c(OC)c(C)c(C)c1OC)CCC=C(C)C. The average Bonchev–Trinajstić information content (AvgIpc) is 2.79. The quantitative estimate of drug-likeness (QED) is 0.175.